The van der Waals surface area contributed by atoms with Gasteiger partial charge in [-0.05, 0) is 48.4 Å². The summed E-state index contributed by atoms with van der Waals surface area (Å²) >= 11 is 5.97. The van der Waals surface area contributed by atoms with Gasteiger partial charge in [0, 0.05) is 47.1 Å². The largest absolute Gasteiger partial charge is 0.351 e. The lowest BCUT2D eigenvalue weighted by atomic mass is 10.1. The molecule has 0 fully saturated rings. The van der Waals surface area contributed by atoms with Crippen LogP contribution < -0.4 is 10.2 Å². The number of amides is 2. The summed E-state index contributed by atoms with van der Waals surface area (Å²) in [5.41, 5.74) is 4.10. The van der Waals surface area contributed by atoms with E-state index in [0.29, 0.717) is 17.3 Å². The number of rotatable bonds is 1. The molecule has 0 unspecified atom stereocenters. The molecule has 116 valence electrons. The number of nitrogens with one attached hydrogen (secondary N) is 1. The van der Waals surface area contributed by atoms with Crippen LogP contribution in [0.4, 0.5) is 16.2 Å². The van der Waals surface area contributed by atoms with Crippen molar-refractivity contribution >= 4 is 39.9 Å². The summed E-state index contributed by atoms with van der Waals surface area (Å²) in [6.07, 6.45) is 2.91. The number of benzene rings is 2. The summed E-state index contributed by atoms with van der Waals surface area (Å²) < 4.78 is 2.10. The van der Waals surface area contributed by atoms with Gasteiger partial charge in [0.05, 0.1) is 0 Å². The Bertz CT molecular complexity index is 916. The lowest BCUT2D eigenvalue weighted by Crippen LogP contribution is -2.33. The average molecular weight is 326 g/mol. The summed E-state index contributed by atoms with van der Waals surface area (Å²) in [4.78, 5) is 14.4. The molecule has 4 rings (SSSR count). The number of urea groups is 1. The van der Waals surface area contributed by atoms with Crippen molar-refractivity contribution in [2.75, 3.05) is 16.8 Å². The van der Waals surface area contributed by atoms with E-state index in [4.69, 9.17) is 11.6 Å². The van der Waals surface area contributed by atoms with Gasteiger partial charge >= 0.3 is 6.03 Å². The van der Waals surface area contributed by atoms with Crippen molar-refractivity contribution in [3.05, 3.63) is 59.2 Å². The molecule has 3 aromatic rings. The Labute approximate surface area is 139 Å². The Kier molecular flexibility index (Phi) is 3.27. The molecule has 5 heteroatoms. The van der Waals surface area contributed by atoms with Gasteiger partial charge in [-0.2, -0.15) is 0 Å². The first-order chi connectivity index (χ1) is 11.1. The molecule has 2 amide bonds. The number of carbonyl (C=O) groups is 1. The van der Waals surface area contributed by atoms with Gasteiger partial charge in [0.1, 0.15) is 0 Å². The standard InChI is InChI=1S/C18H16ClN3O/c1-21-7-5-12-10-17-13(9-16(12)21)6-8-22(17)18(23)20-15-4-2-3-14(19)11-15/h2-5,7,9-11H,6,8H2,1H3,(H,20,23). The Balaban J connectivity index is 1.65. The Hall–Kier alpha value is -2.46. The fourth-order valence-electron chi connectivity index (χ4n) is 3.12. The smallest absolute Gasteiger partial charge is 0.326 e. The highest BCUT2D eigenvalue weighted by Crippen LogP contribution is 2.33. The van der Waals surface area contributed by atoms with Crippen LogP contribution in [0, 0.1) is 0 Å². The lowest BCUT2D eigenvalue weighted by molar-refractivity contribution is 0.257. The predicted molar refractivity (Wildman–Crippen MR) is 94.4 cm³/mol. The van der Waals surface area contributed by atoms with E-state index in [1.165, 1.54) is 11.1 Å². The molecule has 0 radical (unpaired) electrons. The minimum Gasteiger partial charge on any atom is -0.351 e. The number of nitrogens with zero attached hydrogens (tertiary/aromatic N) is 2. The first kappa shape index (κ1) is 14.2. The summed E-state index contributed by atoms with van der Waals surface area (Å²) in [6.45, 7) is 0.693. The van der Waals surface area contributed by atoms with Gasteiger partial charge in [-0.3, -0.25) is 4.90 Å². The summed E-state index contributed by atoms with van der Waals surface area (Å²) in [5, 5.41) is 4.67. The van der Waals surface area contributed by atoms with E-state index in [-0.39, 0.29) is 6.03 Å². The molecule has 2 aromatic carbocycles. The third-order valence-electron chi connectivity index (χ3n) is 4.30. The molecule has 0 saturated heterocycles. The fraction of sp³-hybridized carbons (Fsp3) is 0.167. The first-order valence-electron chi connectivity index (χ1n) is 7.54. The van der Waals surface area contributed by atoms with Crippen molar-refractivity contribution in [3.8, 4) is 0 Å². The number of halogens is 1. The zero-order valence-corrected chi connectivity index (χ0v) is 13.5. The summed E-state index contributed by atoms with van der Waals surface area (Å²) in [5.74, 6) is 0. The van der Waals surface area contributed by atoms with Crippen molar-refractivity contribution < 1.29 is 4.79 Å². The molecule has 1 N–H and O–H groups in total. The molecule has 0 spiro atoms. The van der Waals surface area contributed by atoms with E-state index in [1.54, 1.807) is 17.0 Å². The Morgan fingerprint density at radius 2 is 2.09 bits per heavy atom. The normalized spacial score (nSPS) is 13.4. The molecule has 1 aromatic heterocycles. The van der Waals surface area contributed by atoms with E-state index < -0.39 is 0 Å². The van der Waals surface area contributed by atoms with Crippen LogP contribution in [-0.2, 0) is 13.5 Å². The van der Waals surface area contributed by atoms with Crippen LogP contribution >= 0.6 is 11.6 Å². The van der Waals surface area contributed by atoms with Gasteiger partial charge in [0.15, 0.2) is 0 Å². The highest BCUT2D eigenvalue weighted by Gasteiger charge is 2.25. The van der Waals surface area contributed by atoms with Crippen LogP contribution in [0.15, 0.2) is 48.7 Å². The van der Waals surface area contributed by atoms with E-state index >= 15 is 0 Å². The minimum atomic E-state index is -0.124. The summed E-state index contributed by atoms with van der Waals surface area (Å²) in [6, 6.07) is 13.4. The Morgan fingerprint density at radius 3 is 2.91 bits per heavy atom. The number of fused-ring (bicyclic) bond motifs is 2. The molecule has 4 nitrogen and oxygen atoms in total. The highest BCUT2D eigenvalue weighted by molar-refractivity contribution is 6.30. The average Bonchev–Trinajstić information content (AvgIpc) is 3.09. The second-order valence-electron chi connectivity index (χ2n) is 5.81. The van der Waals surface area contributed by atoms with E-state index in [1.807, 2.05) is 25.4 Å². The molecule has 0 bridgehead atoms. The third-order valence-corrected chi connectivity index (χ3v) is 4.54. The molecular formula is C18H16ClN3O. The molecule has 0 atom stereocenters. The van der Waals surface area contributed by atoms with Gasteiger partial charge < -0.3 is 9.88 Å². The van der Waals surface area contributed by atoms with E-state index in [0.717, 1.165) is 17.5 Å². The first-order valence-corrected chi connectivity index (χ1v) is 7.92. The van der Waals surface area contributed by atoms with Crippen molar-refractivity contribution in [1.82, 2.24) is 4.57 Å². The van der Waals surface area contributed by atoms with E-state index in [2.05, 4.69) is 28.1 Å². The van der Waals surface area contributed by atoms with Crippen LogP contribution in [0.1, 0.15) is 5.56 Å². The lowest BCUT2D eigenvalue weighted by Gasteiger charge is -2.18. The third kappa shape index (κ3) is 2.45. The van der Waals surface area contributed by atoms with E-state index in [9.17, 15) is 4.79 Å². The number of carbonyl (C=O) groups excluding carboxylic acids is 1. The molecule has 1 aliphatic heterocycles. The monoisotopic (exact) mass is 325 g/mol. The van der Waals surface area contributed by atoms with Gasteiger partial charge in [0.2, 0.25) is 0 Å². The van der Waals surface area contributed by atoms with Crippen LogP contribution in [0.3, 0.4) is 0 Å². The SMILES string of the molecule is Cn1ccc2cc3c(cc21)CCN3C(=O)Nc1cccc(Cl)c1. The van der Waals surface area contributed by atoms with Gasteiger partial charge in [-0.1, -0.05) is 17.7 Å². The zero-order valence-electron chi connectivity index (χ0n) is 12.7. The Morgan fingerprint density at radius 1 is 1.22 bits per heavy atom. The molecule has 23 heavy (non-hydrogen) atoms. The van der Waals surface area contributed by atoms with Crippen LogP contribution in [0.5, 0.6) is 0 Å². The maximum atomic E-state index is 12.6. The van der Waals surface area contributed by atoms with Crippen LogP contribution in [0.2, 0.25) is 5.02 Å². The minimum absolute atomic E-state index is 0.124. The van der Waals surface area contributed by atoms with Gasteiger partial charge in [-0.25, -0.2) is 4.79 Å². The van der Waals surface area contributed by atoms with Crippen LogP contribution in [-0.4, -0.2) is 17.1 Å². The number of hydrogen-bond donors (Lipinski definition) is 1. The van der Waals surface area contributed by atoms with Gasteiger partial charge in [0.25, 0.3) is 0 Å². The molecular weight excluding hydrogens is 310 g/mol. The summed E-state index contributed by atoms with van der Waals surface area (Å²) in [7, 11) is 2.04. The second-order valence-corrected chi connectivity index (χ2v) is 6.24. The topological polar surface area (TPSA) is 37.3 Å². The van der Waals surface area contributed by atoms with Crippen molar-refractivity contribution in [2.24, 2.45) is 7.05 Å². The van der Waals surface area contributed by atoms with Gasteiger partial charge in [-0.15, -0.1) is 0 Å². The molecule has 0 saturated carbocycles. The molecule has 0 aliphatic carbocycles. The predicted octanol–water partition coefficient (Wildman–Crippen LogP) is 4.43. The van der Waals surface area contributed by atoms with Crippen LogP contribution in [0.25, 0.3) is 10.9 Å². The maximum absolute atomic E-state index is 12.6. The zero-order chi connectivity index (χ0) is 16.0. The quantitative estimate of drug-likeness (QED) is 0.706. The number of anilines is 2. The second kappa shape index (κ2) is 5.32. The van der Waals surface area contributed by atoms with Crippen molar-refractivity contribution in [3.63, 3.8) is 0 Å². The number of aryl methyl sites for hydroxylation is 1. The highest BCUT2D eigenvalue weighted by atomic mass is 35.5. The van der Waals surface area contributed by atoms with Crippen molar-refractivity contribution in [2.45, 2.75) is 6.42 Å². The molecule has 2 heterocycles. The molecule has 1 aliphatic rings. The number of aromatic nitrogens is 1. The maximum Gasteiger partial charge on any atom is 0.326 e. The fourth-order valence-corrected chi connectivity index (χ4v) is 3.31. The number of hydrogen-bond acceptors (Lipinski definition) is 1. The van der Waals surface area contributed by atoms with Crippen molar-refractivity contribution in [1.29, 1.82) is 0 Å².